The molecule has 212 valence electrons. The summed E-state index contributed by atoms with van der Waals surface area (Å²) >= 11 is 0. The molecule has 0 aliphatic heterocycles. The first-order valence-electron chi connectivity index (χ1n) is 15.5. The molecule has 7 aromatic rings. The molecule has 0 unspecified atom stereocenters. The number of hydrogen-bond acceptors (Lipinski definition) is 1. The first kappa shape index (κ1) is 26.5. The Labute approximate surface area is 260 Å². The smallest absolute Gasteiger partial charge is 0.0490 e. The zero-order valence-electron chi connectivity index (χ0n) is 25.7. The molecule has 1 aliphatic rings. The number of nitrogens with zero attached hydrogens (tertiary/aromatic N) is 1. The average molecular weight is 566 g/mol. The highest BCUT2D eigenvalue weighted by atomic mass is 15.1. The molecular weight excluding hydrogens is 530 g/mol. The highest BCUT2D eigenvalue weighted by Crippen LogP contribution is 2.51. The molecule has 44 heavy (non-hydrogen) atoms. The maximum atomic E-state index is 2.39. The van der Waals surface area contributed by atoms with E-state index in [0.717, 1.165) is 11.4 Å². The molecule has 1 nitrogen and oxygen atoms in total. The molecule has 0 atom stereocenters. The van der Waals surface area contributed by atoms with Gasteiger partial charge in [-0.3, -0.25) is 0 Å². The van der Waals surface area contributed by atoms with Crippen molar-refractivity contribution >= 4 is 38.6 Å². The zero-order chi connectivity index (χ0) is 30.0. The topological polar surface area (TPSA) is 3.24 Å². The summed E-state index contributed by atoms with van der Waals surface area (Å²) in [5.41, 5.74) is 14.2. The lowest BCUT2D eigenvalue weighted by Gasteiger charge is -2.28. The molecule has 0 amide bonds. The van der Waals surface area contributed by atoms with E-state index in [-0.39, 0.29) is 5.41 Å². The summed E-state index contributed by atoms with van der Waals surface area (Å²) in [6, 6.07) is 51.6. The predicted octanol–water partition coefficient (Wildman–Crippen LogP) is 12.4. The molecule has 0 aromatic heterocycles. The van der Waals surface area contributed by atoms with Crippen LogP contribution in [0.15, 0.2) is 140 Å². The Morgan fingerprint density at radius 3 is 1.61 bits per heavy atom. The van der Waals surface area contributed by atoms with Crippen molar-refractivity contribution in [2.75, 3.05) is 4.90 Å². The van der Waals surface area contributed by atoms with Gasteiger partial charge >= 0.3 is 0 Å². The van der Waals surface area contributed by atoms with Gasteiger partial charge in [0.05, 0.1) is 0 Å². The second kappa shape index (κ2) is 9.96. The van der Waals surface area contributed by atoms with Crippen molar-refractivity contribution in [2.45, 2.75) is 33.1 Å². The Balaban J connectivity index is 1.19. The van der Waals surface area contributed by atoms with Crippen LogP contribution in [0.3, 0.4) is 0 Å². The summed E-state index contributed by atoms with van der Waals surface area (Å²) in [5.74, 6) is 0. The number of benzene rings is 7. The van der Waals surface area contributed by atoms with Gasteiger partial charge in [0, 0.05) is 17.1 Å². The molecule has 1 aliphatic carbocycles. The molecular formula is C43H35N. The second-order valence-corrected chi connectivity index (χ2v) is 13.2. The van der Waals surface area contributed by atoms with E-state index in [2.05, 4.69) is 172 Å². The highest BCUT2D eigenvalue weighted by molar-refractivity contribution is 6.12. The Morgan fingerprint density at radius 1 is 0.432 bits per heavy atom. The summed E-state index contributed by atoms with van der Waals surface area (Å²) < 4.78 is 0. The van der Waals surface area contributed by atoms with E-state index in [0.29, 0.717) is 0 Å². The van der Waals surface area contributed by atoms with Crippen LogP contribution in [0.4, 0.5) is 17.1 Å². The van der Waals surface area contributed by atoms with E-state index in [1.54, 1.807) is 0 Å². The van der Waals surface area contributed by atoms with E-state index in [9.17, 15) is 0 Å². The molecule has 0 saturated heterocycles. The van der Waals surface area contributed by atoms with Crippen LogP contribution in [-0.2, 0) is 5.41 Å². The summed E-state index contributed by atoms with van der Waals surface area (Å²) in [6.45, 7) is 8.98. The summed E-state index contributed by atoms with van der Waals surface area (Å²) in [6.07, 6.45) is 0. The van der Waals surface area contributed by atoms with E-state index in [1.165, 1.54) is 71.7 Å². The van der Waals surface area contributed by atoms with Gasteiger partial charge in [0.15, 0.2) is 0 Å². The maximum Gasteiger partial charge on any atom is 0.0490 e. The lowest BCUT2D eigenvalue weighted by atomic mass is 9.77. The summed E-state index contributed by atoms with van der Waals surface area (Å²) in [5, 5.41) is 5.10. The van der Waals surface area contributed by atoms with Crippen molar-refractivity contribution in [1.29, 1.82) is 0 Å². The summed E-state index contributed by atoms with van der Waals surface area (Å²) in [7, 11) is 0. The third-order valence-electron chi connectivity index (χ3n) is 9.23. The molecule has 0 heterocycles. The number of hydrogen-bond donors (Lipinski definition) is 0. The molecule has 8 rings (SSSR count). The van der Waals surface area contributed by atoms with Gasteiger partial charge in [0.1, 0.15) is 0 Å². The standard InChI is InChI=1S/C43H35N/c1-28-10-8-9-13-42(28)44(36-11-6-5-7-12-36)37-21-18-32-25-39-38-24-31-15-14-30(29-16-19-35(20-17-29)43(2,3)4)22-33(31)26-40(38)41(39)27-34(32)23-37/h5-27H,1-4H3. The number of para-hydroxylation sites is 2. The van der Waals surface area contributed by atoms with Gasteiger partial charge in [-0.25, -0.2) is 0 Å². The largest absolute Gasteiger partial charge is 0.310 e. The van der Waals surface area contributed by atoms with Gasteiger partial charge in [0.2, 0.25) is 0 Å². The molecule has 7 aromatic carbocycles. The molecule has 0 bridgehead atoms. The fourth-order valence-corrected chi connectivity index (χ4v) is 6.71. The Hall–Kier alpha value is -5.14. The molecule has 0 saturated carbocycles. The number of rotatable bonds is 4. The van der Waals surface area contributed by atoms with Crippen molar-refractivity contribution in [1.82, 2.24) is 0 Å². The zero-order valence-corrected chi connectivity index (χ0v) is 25.7. The third kappa shape index (κ3) is 4.39. The van der Waals surface area contributed by atoms with Crippen molar-refractivity contribution in [3.8, 4) is 33.4 Å². The van der Waals surface area contributed by atoms with E-state index >= 15 is 0 Å². The number of anilines is 3. The fourth-order valence-electron chi connectivity index (χ4n) is 6.71. The second-order valence-electron chi connectivity index (χ2n) is 13.2. The Morgan fingerprint density at radius 2 is 0.977 bits per heavy atom. The van der Waals surface area contributed by atoms with Crippen molar-refractivity contribution in [3.05, 3.63) is 151 Å². The molecule has 0 spiro atoms. The first-order valence-corrected chi connectivity index (χ1v) is 15.5. The van der Waals surface area contributed by atoms with Crippen LogP contribution in [-0.4, -0.2) is 0 Å². The predicted molar refractivity (Wildman–Crippen MR) is 189 cm³/mol. The highest BCUT2D eigenvalue weighted by Gasteiger charge is 2.24. The average Bonchev–Trinajstić information content (AvgIpc) is 3.04. The minimum Gasteiger partial charge on any atom is -0.310 e. The Bertz CT molecular complexity index is 2200. The molecule has 0 radical (unpaired) electrons. The van der Waals surface area contributed by atoms with Crippen LogP contribution in [0.1, 0.15) is 31.9 Å². The van der Waals surface area contributed by atoms with Crippen LogP contribution in [0, 0.1) is 6.92 Å². The van der Waals surface area contributed by atoms with Crippen molar-refractivity contribution in [3.63, 3.8) is 0 Å². The quantitative estimate of drug-likeness (QED) is 0.205. The lowest BCUT2D eigenvalue weighted by molar-refractivity contribution is 0.590. The van der Waals surface area contributed by atoms with Crippen LogP contribution in [0.25, 0.3) is 54.9 Å². The van der Waals surface area contributed by atoms with Crippen LogP contribution in [0.5, 0.6) is 0 Å². The summed E-state index contributed by atoms with van der Waals surface area (Å²) in [4.78, 5) is 2.37. The van der Waals surface area contributed by atoms with Crippen LogP contribution < -0.4 is 4.90 Å². The SMILES string of the molecule is Cc1ccccc1N(c1ccccc1)c1ccc2cc3c(cc2c1)-c1cc2cc(-c4ccc(C(C)(C)C)cc4)ccc2cc1-3. The van der Waals surface area contributed by atoms with Gasteiger partial charge in [-0.15, -0.1) is 0 Å². The molecule has 0 fully saturated rings. The van der Waals surface area contributed by atoms with Crippen molar-refractivity contribution in [2.24, 2.45) is 0 Å². The van der Waals surface area contributed by atoms with Crippen LogP contribution in [0.2, 0.25) is 0 Å². The van der Waals surface area contributed by atoms with Crippen molar-refractivity contribution < 1.29 is 0 Å². The Kier molecular flexibility index (Phi) is 6.00. The minimum atomic E-state index is 0.156. The van der Waals surface area contributed by atoms with Gasteiger partial charge in [0.25, 0.3) is 0 Å². The molecule has 0 N–H and O–H groups in total. The first-order chi connectivity index (χ1) is 21.3. The number of aryl methyl sites for hydroxylation is 1. The fraction of sp³-hybridized carbons (Fsp3) is 0.116. The van der Waals surface area contributed by atoms with Gasteiger partial charge in [-0.05, 0) is 139 Å². The van der Waals surface area contributed by atoms with Crippen LogP contribution >= 0.6 is 0 Å². The van der Waals surface area contributed by atoms with Gasteiger partial charge < -0.3 is 4.90 Å². The van der Waals surface area contributed by atoms with Gasteiger partial charge in [-0.2, -0.15) is 0 Å². The lowest BCUT2D eigenvalue weighted by Crippen LogP contribution is -2.11. The normalized spacial score (nSPS) is 12.1. The van der Waals surface area contributed by atoms with E-state index < -0.39 is 0 Å². The number of fused-ring (bicyclic) bond motifs is 6. The van der Waals surface area contributed by atoms with E-state index in [4.69, 9.17) is 0 Å². The van der Waals surface area contributed by atoms with Gasteiger partial charge in [-0.1, -0.05) is 99.6 Å². The third-order valence-corrected chi connectivity index (χ3v) is 9.23. The minimum absolute atomic E-state index is 0.156. The monoisotopic (exact) mass is 565 g/mol. The maximum absolute atomic E-state index is 2.39. The molecule has 1 heteroatoms. The van der Waals surface area contributed by atoms with E-state index in [1.807, 2.05) is 0 Å².